The Balaban J connectivity index is 2.02. The summed E-state index contributed by atoms with van der Waals surface area (Å²) in [6.45, 7) is 1.50. The zero-order chi connectivity index (χ0) is 21.8. The second kappa shape index (κ2) is 9.88. The summed E-state index contributed by atoms with van der Waals surface area (Å²) in [6, 6.07) is -0.155. The molecule has 3 atom stereocenters. The Morgan fingerprint density at radius 1 is 1.45 bits per heavy atom. The van der Waals surface area contributed by atoms with E-state index in [1.165, 1.54) is 11.9 Å². The van der Waals surface area contributed by atoms with Crippen LogP contribution in [0, 0.1) is 5.92 Å². The van der Waals surface area contributed by atoms with Gasteiger partial charge in [0, 0.05) is 13.1 Å². The largest absolute Gasteiger partial charge is 0.464 e. The highest BCUT2D eigenvalue weighted by Crippen LogP contribution is 2.43. The Labute approximate surface area is 173 Å². The lowest BCUT2D eigenvalue weighted by Gasteiger charge is -2.27. The Bertz CT molecular complexity index is 780. The van der Waals surface area contributed by atoms with Crippen molar-refractivity contribution >= 4 is 42.5 Å². The van der Waals surface area contributed by atoms with Gasteiger partial charge in [-0.25, -0.2) is 10.6 Å². The molecule has 1 saturated carbocycles. The summed E-state index contributed by atoms with van der Waals surface area (Å²) in [5.74, 6) is 3.74. The number of hydrogen-bond donors (Lipinski definition) is 5. The zero-order valence-electron chi connectivity index (χ0n) is 16.1. The smallest absolute Gasteiger partial charge is 0.365 e. The number of anilines is 3. The van der Waals surface area contributed by atoms with E-state index in [1.54, 1.807) is 7.05 Å². The molecule has 0 radical (unpaired) electrons. The first kappa shape index (κ1) is 23.6. The molecule has 7 N–H and O–H groups in total. The lowest BCUT2D eigenvalue weighted by atomic mass is 10.1. The van der Waals surface area contributed by atoms with Gasteiger partial charge in [0.2, 0.25) is 5.28 Å². The zero-order valence-corrected chi connectivity index (χ0v) is 17.8. The molecule has 14 heteroatoms. The number of nitrogens with one attached hydrogen (secondary N) is 1. The van der Waals surface area contributed by atoms with Crippen LogP contribution in [0.5, 0.6) is 0 Å². The SMILES string of the molecule is CCOC(=O)C(OCC1CCC(N(N)c2nc(Cl)nc(NC)c2N)C1)P(=O)(O)O. The fraction of sp³-hybridized carbons (Fsp3) is 0.667. The molecule has 1 heterocycles. The van der Waals surface area contributed by atoms with Crippen LogP contribution in [0.25, 0.3) is 0 Å². The first-order valence-corrected chi connectivity index (χ1v) is 11.0. The maximum Gasteiger partial charge on any atom is 0.365 e. The van der Waals surface area contributed by atoms with E-state index in [9.17, 15) is 19.1 Å². The minimum absolute atomic E-state index is 0.00852. The summed E-state index contributed by atoms with van der Waals surface area (Å²) in [5.41, 5.74) is 6.30. The highest BCUT2D eigenvalue weighted by molar-refractivity contribution is 7.53. The van der Waals surface area contributed by atoms with Gasteiger partial charge in [-0.15, -0.1) is 0 Å². The molecule has 1 aromatic rings. The average Bonchev–Trinajstić information content (AvgIpc) is 3.11. The molecule has 1 aromatic heterocycles. The van der Waals surface area contributed by atoms with Crippen molar-refractivity contribution in [3.05, 3.63) is 5.28 Å². The molecule has 1 aliphatic rings. The minimum atomic E-state index is -4.81. The number of esters is 1. The number of hydrogen-bond acceptors (Lipinski definition) is 10. The van der Waals surface area contributed by atoms with Crippen molar-refractivity contribution in [2.45, 2.75) is 38.1 Å². The maximum atomic E-state index is 11.8. The minimum Gasteiger partial charge on any atom is -0.464 e. The Morgan fingerprint density at radius 3 is 2.72 bits per heavy atom. The number of halogens is 1. The Kier molecular flexibility index (Phi) is 8.03. The predicted molar refractivity (Wildman–Crippen MR) is 107 cm³/mol. The van der Waals surface area contributed by atoms with E-state index in [1.807, 2.05) is 0 Å². The number of nitrogens with zero attached hydrogens (tertiary/aromatic N) is 3. The van der Waals surface area contributed by atoms with Crippen LogP contribution in [0.15, 0.2) is 0 Å². The normalized spacial score (nSPS) is 20.3. The number of ether oxygens (including phenoxy) is 2. The summed E-state index contributed by atoms with van der Waals surface area (Å²) in [4.78, 5) is 38.5. The van der Waals surface area contributed by atoms with Crippen molar-refractivity contribution in [1.29, 1.82) is 0 Å². The summed E-state index contributed by atoms with van der Waals surface area (Å²) < 4.78 is 21.5. The van der Waals surface area contributed by atoms with Gasteiger partial charge in [0.25, 0.3) is 5.85 Å². The molecule has 0 bridgehead atoms. The summed E-state index contributed by atoms with van der Waals surface area (Å²) in [5, 5.41) is 4.22. The van der Waals surface area contributed by atoms with Crippen LogP contribution in [-0.2, 0) is 18.8 Å². The number of nitrogens with two attached hydrogens (primary N) is 2. The van der Waals surface area contributed by atoms with Crippen LogP contribution < -0.4 is 21.9 Å². The van der Waals surface area contributed by atoms with E-state index in [0.29, 0.717) is 25.1 Å². The van der Waals surface area contributed by atoms with Gasteiger partial charge < -0.3 is 30.3 Å². The van der Waals surface area contributed by atoms with E-state index in [2.05, 4.69) is 20.0 Å². The standard InChI is InChI=1S/C15H26ClN6O6P/c1-3-27-13(23)14(29(24,25)26)28-7-8-4-5-9(6-8)22(18)12-10(17)11(19-2)20-15(16)21-12/h8-9,14H,3-7,17-18H2,1-2H3,(H,19,20,21)(H2,24,25,26). The second-order valence-electron chi connectivity index (χ2n) is 6.60. The third-order valence-corrected chi connectivity index (χ3v) is 5.71. The monoisotopic (exact) mass is 452 g/mol. The highest BCUT2D eigenvalue weighted by Gasteiger charge is 2.40. The summed E-state index contributed by atoms with van der Waals surface area (Å²) in [7, 11) is -3.17. The molecular weight excluding hydrogens is 427 g/mol. The first-order chi connectivity index (χ1) is 13.6. The van der Waals surface area contributed by atoms with Crippen LogP contribution in [-0.4, -0.2) is 57.9 Å². The van der Waals surface area contributed by atoms with Crippen LogP contribution in [0.4, 0.5) is 17.3 Å². The van der Waals surface area contributed by atoms with Crippen molar-refractivity contribution in [3.63, 3.8) is 0 Å². The quantitative estimate of drug-likeness (QED) is 0.116. The predicted octanol–water partition coefficient (Wildman–Crippen LogP) is 0.686. The molecule has 0 aliphatic heterocycles. The number of rotatable bonds is 9. The lowest BCUT2D eigenvalue weighted by molar-refractivity contribution is -0.152. The Hall–Kier alpha value is -1.69. The van der Waals surface area contributed by atoms with Gasteiger partial charge in [0.1, 0.15) is 5.69 Å². The fourth-order valence-corrected chi connectivity index (χ4v) is 3.98. The van der Waals surface area contributed by atoms with Crippen LogP contribution >= 0.6 is 19.2 Å². The van der Waals surface area contributed by atoms with Gasteiger partial charge >= 0.3 is 13.6 Å². The van der Waals surface area contributed by atoms with Gasteiger partial charge in [-0.1, -0.05) is 0 Å². The molecule has 1 fully saturated rings. The van der Waals surface area contributed by atoms with Crippen molar-refractivity contribution in [1.82, 2.24) is 9.97 Å². The molecule has 0 amide bonds. The first-order valence-electron chi connectivity index (χ1n) is 8.96. The third kappa shape index (κ3) is 5.91. The number of carbonyl (C=O) groups excluding carboxylic acids is 1. The molecule has 12 nitrogen and oxygen atoms in total. The summed E-state index contributed by atoms with van der Waals surface area (Å²) >= 11 is 5.93. The van der Waals surface area contributed by atoms with Crippen molar-refractivity contribution in [2.24, 2.45) is 11.8 Å². The number of aromatic nitrogens is 2. The van der Waals surface area contributed by atoms with Crippen molar-refractivity contribution in [2.75, 3.05) is 36.3 Å². The van der Waals surface area contributed by atoms with E-state index in [0.717, 1.165) is 0 Å². The molecule has 0 spiro atoms. The van der Waals surface area contributed by atoms with E-state index < -0.39 is 19.4 Å². The molecule has 1 aliphatic carbocycles. The van der Waals surface area contributed by atoms with Gasteiger partial charge in [-0.3, -0.25) is 9.57 Å². The van der Waals surface area contributed by atoms with Gasteiger partial charge in [0.15, 0.2) is 11.6 Å². The van der Waals surface area contributed by atoms with E-state index in [-0.39, 0.29) is 42.0 Å². The number of carbonyl (C=O) groups is 1. The van der Waals surface area contributed by atoms with Crippen molar-refractivity contribution < 1.29 is 28.6 Å². The van der Waals surface area contributed by atoms with Crippen LogP contribution in [0.3, 0.4) is 0 Å². The van der Waals surface area contributed by atoms with Gasteiger partial charge in [0.05, 0.1) is 13.2 Å². The maximum absolute atomic E-state index is 11.8. The number of nitrogen functional groups attached to an aromatic ring is 1. The van der Waals surface area contributed by atoms with E-state index in [4.69, 9.17) is 27.9 Å². The molecule has 0 aromatic carbocycles. The van der Waals surface area contributed by atoms with E-state index >= 15 is 0 Å². The molecule has 29 heavy (non-hydrogen) atoms. The van der Waals surface area contributed by atoms with Gasteiger partial charge in [-0.05, 0) is 43.7 Å². The number of hydrazine groups is 1. The molecule has 164 valence electrons. The summed E-state index contributed by atoms with van der Waals surface area (Å²) in [6.07, 6.45) is 1.89. The Morgan fingerprint density at radius 2 is 2.14 bits per heavy atom. The molecule has 0 saturated heterocycles. The average molecular weight is 453 g/mol. The fourth-order valence-electron chi connectivity index (χ4n) is 3.19. The lowest BCUT2D eigenvalue weighted by Crippen LogP contribution is -2.41. The van der Waals surface area contributed by atoms with Gasteiger partial charge in [-0.2, -0.15) is 9.97 Å². The molecule has 2 rings (SSSR count). The molecule has 3 unspecified atom stereocenters. The second-order valence-corrected chi connectivity index (χ2v) is 8.58. The van der Waals surface area contributed by atoms with Crippen LogP contribution in [0.2, 0.25) is 5.28 Å². The highest BCUT2D eigenvalue weighted by atomic mass is 35.5. The van der Waals surface area contributed by atoms with Crippen LogP contribution in [0.1, 0.15) is 26.2 Å². The topological polar surface area (TPSA) is 186 Å². The van der Waals surface area contributed by atoms with Crippen molar-refractivity contribution in [3.8, 4) is 0 Å². The molecular formula is C15H26ClN6O6P. The third-order valence-electron chi connectivity index (χ3n) is 4.57.